The second-order valence-electron chi connectivity index (χ2n) is 6.15. The van der Waals surface area contributed by atoms with Crippen LogP contribution in [-0.2, 0) is 6.54 Å². The number of rotatable bonds is 6. The summed E-state index contributed by atoms with van der Waals surface area (Å²) in [6.07, 6.45) is 3.62. The van der Waals surface area contributed by atoms with Crippen molar-refractivity contribution in [3.63, 3.8) is 0 Å². The molecule has 1 aliphatic heterocycles. The van der Waals surface area contributed by atoms with E-state index in [9.17, 15) is 0 Å². The number of nitrogens with zero attached hydrogens (tertiary/aromatic N) is 5. The molecule has 0 spiro atoms. The fourth-order valence-electron chi connectivity index (χ4n) is 3.22. The first-order valence-corrected chi connectivity index (χ1v) is 8.88. The smallest absolute Gasteiger partial charge is 0.225 e. The van der Waals surface area contributed by atoms with Crippen molar-refractivity contribution in [1.82, 2.24) is 14.9 Å². The normalized spacial score (nSPS) is 15.5. The quantitative estimate of drug-likeness (QED) is 0.816. The van der Waals surface area contributed by atoms with Gasteiger partial charge >= 0.3 is 0 Å². The third-order valence-electron chi connectivity index (χ3n) is 4.68. The fraction of sp³-hybridized carbons (Fsp3) is 0.474. The molecule has 1 aliphatic rings. The Morgan fingerprint density at radius 2 is 1.54 bits per heavy atom. The van der Waals surface area contributed by atoms with E-state index >= 15 is 0 Å². The van der Waals surface area contributed by atoms with Gasteiger partial charge in [0.05, 0.1) is 0 Å². The Bertz CT molecular complexity index is 601. The molecule has 1 aromatic carbocycles. The zero-order chi connectivity index (χ0) is 16.8. The lowest BCUT2D eigenvalue weighted by atomic mass is 10.1. The number of benzene rings is 1. The molecule has 128 valence electrons. The van der Waals surface area contributed by atoms with Gasteiger partial charge in [0.15, 0.2) is 0 Å². The first kappa shape index (κ1) is 16.7. The first-order valence-electron chi connectivity index (χ1n) is 8.88. The van der Waals surface area contributed by atoms with Crippen LogP contribution in [0.2, 0.25) is 0 Å². The summed E-state index contributed by atoms with van der Waals surface area (Å²) >= 11 is 0. The molecule has 0 bridgehead atoms. The average molecular weight is 325 g/mol. The number of hydrogen-bond donors (Lipinski definition) is 0. The summed E-state index contributed by atoms with van der Waals surface area (Å²) < 4.78 is 0. The number of anilines is 2. The molecular formula is C19H27N5. The van der Waals surface area contributed by atoms with Gasteiger partial charge < -0.3 is 9.80 Å². The standard InChI is InChI=1S/C19H27N5/c1-3-23(4-2)18-8-6-17(7-9-18)16-22-12-14-24(15-13-22)19-20-10-5-11-21-19/h5-11H,3-4,12-16H2,1-2H3. The Kier molecular flexibility index (Phi) is 5.64. The van der Waals surface area contributed by atoms with Crippen LogP contribution in [0, 0.1) is 0 Å². The predicted molar refractivity (Wildman–Crippen MR) is 99.5 cm³/mol. The first-order chi connectivity index (χ1) is 11.8. The van der Waals surface area contributed by atoms with Crippen molar-refractivity contribution < 1.29 is 0 Å². The van der Waals surface area contributed by atoms with E-state index in [1.54, 1.807) is 0 Å². The minimum Gasteiger partial charge on any atom is -0.372 e. The van der Waals surface area contributed by atoms with Crippen LogP contribution in [0.5, 0.6) is 0 Å². The molecule has 0 saturated carbocycles. The van der Waals surface area contributed by atoms with E-state index in [4.69, 9.17) is 0 Å². The average Bonchev–Trinajstić information content (AvgIpc) is 2.65. The second kappa shape index (κ2) is 8.11. The van der Waals surface area contributed by atoms with Crippen LogP contribution in [-0.4, -0.2) is 54.1 Å². The van der Waals surface area contributed by atoms with Crippen molar-refractivity contribution in [2.75, 3.05) is 49.1 Å². The summed E-state index contributed by atoms with van der Waals surface area (Å²) in [5, 5.41) is 0. The summed E-state index contributed by atoms with van der Waals surface area (Å²) in [6.45, 7) is 11.6. The molecular weight excluding hydrogens is 298 g/mol. The summed E-state index contributed by atoms with van der Waals surface area (Å²) in [6, 6.07) is 10.9. The van der Waals surface area contributed by atoms with Crippen LogP contribution >= 0.6 is 0 Å². The van der Waals surface area contributed by atoms with Gasteiger partial charge in [-0.25, -0.2) is 9.97 Å². The van der Waals surface area contributed by atoms with Crippen molar-refractivity contribution in [1.29, 1.82) is 0 Å². The van der Waals surface area contributed by atoms with E-state index in [0.29, 0.717) is 0 Å². The highest BCUT2D eigenvalue weighted by atomic mass is 15.3. The molecule has 0 unspecified atom stereocenters. The molecule has 0 radical (unpaired) electrons. The third-order valence-corrected chi connectivity index (χ3v) is 4.68. The number of aromatic nitrogens is 2. The van der Waals surface area contributed by atoms with Crippen molar-refractivity contribution in [3.8, 4) is 0 Å². The zero-order valence-electron chi connectivity index (χ0n) is 14.7. The monoisotopic (exact) mass is 325 g/mol. The van der Waals surface area contributed by atoms with Crippen molar-refractivity contribution >= 4 is 11.6 Å². The van der Waals surface area contributed by atoms with Crippen LogP contribution in [0.1, 0.15) is 19.4 Å². The van der Waals surface area contributed by atoms with E-state index in [1.807, 2.05) is 18.5 Å². The lowest BCUT2D eigenvalue weighted by Gasteiger charge is -2.34. The zero-order valence-corrected chi connectivity index (χ0v) is 14.7. The molecule has 5 heteroatoms. The van der Waals surface area contributed by atoms with Gasteiger partial charge in [0, 0.05) is 63.9 Å². The van der Waals surface area contributed by atoms with Gasteiger partial charge in [-0.1, -0.05) is 12.1 Å². The molecule has 1 saturated heterocycles. The number of hydrogen-bond acceptors (Lipinski definition) is 5. The summed E-state index contributed by atoms with van der Waals surface area (Å²) in [5.41, 5.74) is 2.70. The van der Waals surface area contributed by atoms with E-state index in [0.717, 1.165) is 51.8 Å². The molecule has 5 nitrogen and oxygen atoms in total. The van der Waals surface area contributed by atoms with Crippen LogP contribution in [0.3, 0.4) is 0 Å². The van der Waals surface area contributed by atoms with Gasteiger partial charge in [0.1, 0.15) is 0 Å². The van der Waals surface area contributed by atoms with Gasteiger partial charge in [-0.2, -0.15) is 0 Å². The maximum atomic E-state index is 4.35. The molecule has 2 aromatic rings. The van der Waals surface area contributed by atoms with Crippen molar-refractivity contribution in [3.05, 3.63) is 48.3 Å². The summed E-state index contributed by atoms with van der Waals surface area (Å²) in [4.78, 5) is 15.8. The highest BCUT2D eigenvalue weighted by molar-refractivity contribution is 5.47. The van der Waals surface area contributed by atoms with Gasteiger partial charge in [-0.15, -0.1) is 0 Å². The van der Waals surface area contributed by atoms with Gasteiger partial charge in [-0.3, -0.25) is 4.90 Å². The fourth-order valence-corrected chi connectivity index (χ4v) is 3.22. The highest BCUT2D eigenvalue weighted by Gasteiger charge is 2.18. The maximum Gasteiger partial charge on any atom is 0.225 e. The van der Waals surface area contributed by atoms with Crippen molar-refractivity contribution in [2.45, 2.75) is 20.4 Å². The summed E-state index contributed by atoms with van der Waals surface area (Å²) in [7, 11) is 0. The van der Waals surface area contributed by atoms with Crippen molar-refractivity contribution in [2.24, 2.45) is 0 Å². The molecule has 1 fully saturated rings. The van der Waals surface area contributed by atoms with Gasteiger partial charge in [-0.05, 0) is 37.6 Å². The Balaban J connectivity index is 1.53. The van der Waals surface area contributed by atoms with Crippen LogP contribution in [0.15, 0.2) is 42.7 Å². The Morgan fingerprint density at radius 3 is 2.12 bits per heavy atom. The van der Waals surface area contributed by atoms with E-state index in [-0.39, 0.29) is 0 Å². The van der Waals surface area contributed by atoms with E-state index in [1.165, 1.54) is 11.3 Å². The van der Waals surface area contributed by atoms with Gasteiger partial charge in [0.25, 0.3) is 0 Å². The largest absolute Gasteiger partial charge is 0.372 e. The minimum atomic E-state index is 0.848. The van der Waals surface area contributed by atoms with E-state index < -0.39 is 0 Å². The topological polar surface area (TPSA) is 35.5 Å². The predicted octanol–water partition coefficient (Wildman–Crippen LogP) is 2.65. The lowest BCUT2D eigenvalue weighted by molar-refractivity contribution is 0.248. The molecule has 0 N–H and O–H groups in total. The third kappa shape index (κ3) is 4.03. The maximum absolute atomic E-state index is 4.35. The lowest BCUT2D eigenvalue weighted by Crippen LogP contribution is -2.46. The van der Waals surface area contributed by atoms with E-state index in [2.05, 4.69) is 62.8 Å². The molecule has 0 amide bonds. The molecule has 1 aromatic heterocycles. The Hall–Kier alpha value is -2.14. The Morgan fingerprint density at radius 1 is 0.917 bits per heavy atom. The second-order valence-corrected chi connectivity index (χ2v) is 6.15. The van der Waals surface area contributed by atoms with Crippen LogP contribution < -0.4 is 9.80 Å². The minimum absolute atomic E-state index is 0.848. The molecule has 3 rings (SSSR count). The van der Waals surface area contributed by atoms with Crippen LogP contribution in [0.4, 0.5) is 11.6 Å². The number of piperazine rings is 1. The molecule has 0 atom stereocenters. The molecule has 2 heterocycles. The summed E-state index contributed by atoms with van der Waals surface area (Å²) in [5.74, 6) is 0.848. The molecule has 24 heavy (non-hydrogen) atoms. The highest BCUT2D eigenvalue weighted by Crippen LogP contribution is 2.17. The van der Waals surface area contributed by atoms with Gasteiger partial charge in [0.2, 0.25) is 5.95 Å². The SMILES string of the molecule is CCN(CC)c1ccc(CN2CCN(c3ncccn3)CC2)cc1. The molecule has 0 aliphatic carbocycles. The Labute approximate surface area is 144 Å². The van der Waals surface area contributed by atoms with Crippen LogP contribution in [0.25, 0.3) is 0 Å².